The standard InChI is InChI=1S/C82H57B2I5N6/c1-2-3-14-53-23-35-61(36-24-53)90(62-37-25-54(85)26-38-62)67-47-77-81-79(49-67)94(65-43-31-57(88)32-44-65)75-52-76-72(51-71(75)83(81)69-19-10-12-21-73(69)92(77)59-15-6-4-7-16-59)84-70-20-11-13-22-74(70)93(60-17-8-5-9-18-60)78-48-68(50-80(82(78)84)95(76)66-45-33-58(89)34-46-66)91(63-39-27-55(86)28-40-63)64-41-29-56(87)30-42-64/h4-13,15-52H,2-3,14H2,1H3. The van der Waals surface area contributed by atoms with Gasteiger partial charge in [0.25, 0.3) is 13.4 Å². The smallest absolute Gasteiger partial charge is 0.252 e. The molecule has 95 heavy (non-hydrogen) atoms. The number of hydrogen-bond donors (Lipinski definition) is 0. The Hall–Kier alpha value is -7.56. The Balaban J connectivity index is 0.986. The second-order valence-electron chi connectivity index (χ2n) is 24.6. The summed E-state index contributed by atoms with van der Waals surface area (Å²) in [5.74, 6) is 0. The third kappa shape index (κ3) is 10.8. The van der Waals surface area contributed by atoms with Crippen molar-refractivity contribution in [3.63, 3.8) is 0 Å². The Kier molecular flexibility index (Phi) is 16.4. The van der Waals surface area contributed by atoms with Crippen molar-refractivity contribution in [2.24, 2.45) is 0 Å². The van der Waals surface area contributed by atoms with Gasteiger partial charge in [0.05, 0.1) is 11.4 Å². The fourth-order valence-corrected chi connectivity index (χ4v) is 16.7. The molecule has 0 fully saturated rings. The molecular weight excluding hydrogens is 1730 g/mol. The van der Waals surface area contributed by atoms with E-state index in [4.69, 9.17) is 0 Å². The van der Waals surface area contributed by atoms with Gasteiger partial charge in [-0.1, -0.05) is 104 Å². The van der Waals surface area contributed by atoms with Crippen molar-refractivity contribution >= 4 is 262 Å². The lowest BCUT2D eigenvalue weighted by atomic mass is 9.30. The number of benzene rings is 13. The lowest BCUT2D eigenvalue weighted by molar-refractivity contribution is 0.795. The highest BCUT2D eigenvalue weighted by Gasteiger charge is 2.49. The molecule has 0 radical (unpaired) electrons. The summed E-state index contributed by atoms with van der Waals surface area (Å²) in [6.45, 7) is 1.94. The summed E-state index contributed by atoms with van der Waals surface area (Å²) in [5, 5.41) is 0. The van der Waals surface area contributed by atoms with Crippen LogP contribution >= 0.6 is 113 Å². The quantitative estimate of drug-likeness (QED) is 0.0840. The maximum absolute atomic E-state index is 2.64. The molecule has 4 aliphatic rings. The number of hydrogen-bond acceptors (Lipinski definition) is 6. The van der Waals surface area contributed by atoms with Crippen molar-refractivity contribution in [2.75, 3.05) is 29.4 Å². The van der Waals surface area contributed by atoms with Crippen LogP contribution in [0, 0.1) is 17.9 Å². The van der Waals surface area contributed by atoms with Gasteiger partial charge >= 0.3 is 0 Å². The van der Waals surface area contributed by atoms with Crippen LogP contribution in [0.2, 0.25) is 0 Å². The van der Waals surface area contributed by atoms with Gasteiger partial charge in [0, 0.05) is 109 Å². The zero-order valence-corrected chi connectivity index (χ0v) is 62.3. The lowest BCUT2D eigenvalue weighted by Crippen LogP contribution is -2.65. The normalized spacial score (nSPS) is 12.9. The van der Waals surface area contributed by atoms with E-state index in [0.717, 1.165) is 116 Å². The zero-order valence-electron chi connectivity index (χ0n) is 51.6. The Morgan fingerprint density at radius 2 is 0.579 bits per heavy atom. The minimum atomic E-state index is -0.166. The highest BCUT2D eigenvalue weighted by atomic mass is 127. The molecule has 0 amide bonds. The molecular formula is C82H57B2I5N6. The largest absolute Gasteiger partial charge is 0.311 e. The average molecular weight is 1780 g/mol. The molecule has 4 heterocycles. The van der Waals surface area contributed by atoms with Gasteiger partial charge in [0.15, 0.2) is 0 Å². The Bertz CT molecular complexity index is 5040. The maximum Gasteiger partial charge on any atom is 0.252 e. The zero-order chi connectivity index (χ0) is 64.0. The molecule has 13 heteroatoms. The van der Waals surface area contributed by atoms with Crippen LogP contribution in [0.5, 0.6) is 0 Å². The predicted octanol–water partition coefficient (Wildman–Crippen LogP) is 21.2. The van der Waals surface area contributed by atoms with E-state index in [9.17, 15) is 0 Å². The molecule has 456 valence electrons. The van der Waals surface area contributed by atoms with Crippen molar-refractivity contribution < 1.29 is 0 Å². The second kappa shape index (κ2) is 25.5. The van der Waals surface area contributed by atoms with Crippen LogP contribution in [-0.4, -0.2) is 13.4 Å². The monoisotopic (exact) mass is 1780 g/mol. The van der Waals surface area contributed by atoms with E-state index in [-0.39, 0.29) is 13.4 Å². The van der Waals surface area contributed by atoms with Crippen molar-refractivity contribution in [3.05, 3.63) is 315 Å². The molecule has 0 N–H and O–H groups in total. The van der Waals surface area contributed by atoms with Gasteiger partial charge in [-0.05, 0) is 364 Å². The summed E-state index contributed by atoms with van der Waals surface area (Å²) in [6.07, 6.45) is 3.36. The molecule has 0 unspecified atom stereocenters. The first-order valence-corrected chi connectivity index (χ1v) is 37.5. The molecule has 0 aliphatic carbocycles. The minimum absolute atomic E-state index is 0.165. The fraction of sp³-hybridized carbons (Fsp3) is 0.0488. The van der Waals surface area contributed by atoms with Gasteiger partial charge < -0.3 is 29.4 Å². The van der Waals surface area contributed by atoms with E-state index < -0.39 is 0 Å². The third-order valence-electron chi connectivity index (χ3n) is 19.0. The molecule has 0 atom stereocenters. The number of aryl methyl sites for hydroxylation is 1. The average Bonchev–Trinajstić information content (AvgIpc) is 0.686. The second-order valence-corrected chi connectivity index (χ2v) is 30.8. The molecule has 0 saturated carbocycles. The van der Waals surface area contributed by atoms with Gasteiger partial charge in [-0.3, -0.25) is 0 Å². The lowest BCUT2D eigenvalue weighted by Gasteiger charge is -2.48. The number of halogens is 5. The van der Waals surface area contributed by atoms with Crippen LogP contribution in [0.4, 0.5) is 102 Å². The Morgan fingerprint density at radius 3 is 0.937 bits per heavy atom. The molecule has 17 rings (SSSR count). The van der Waals surface area contributed by atoms with E-state index >= 15 is 0 Å². The van der Waals surface area contributed by atoms with E-state index in [0.29, 0.717) is 0 Å². The Morgan fingerprint density at radius 1 is 0.274 bits per heavy atom. The third-order valence-corrected chi connectivity index (χ3v) is 22.6. The fourth-order valence-electron chi connectivity index (χ4n) is 14.9. The molecule has 6 nitrogen and oxygen atoms in total. The number of unbranched alkanes of at least 4 members (excludes halogenated alkanes) is 1. The topological polar surface area (TPSA) is 19.4 Å². The number of anilines is 18. The van der Waals surface area contributed by atoms with Crippen LogP contribution in [0.3, 0.4) is 0 Å². The summed E-state index contributed by atoms with van der Waals surface area (Å²) < 4.78 is 5.91. The summed E-state index contributed by atoms with van der Waals surface area (Å²) in [6, 6.07) is 110. The van der Waals surface area contributed by atoms with Crippen LogP contribution in [0.15, 0.2) is 291 Å². The molecule has 13 aromatic rings. The predicted molar refractivity (Wildman–Crippen MR) is 446 cm³/mol. The minimum Gasteiger partial charge on any atom is -0.311 e. The van der Waals surface area contributed by atoms with Crippen molar-refractivity contribution in [1.29, 1.82) is 0 Å². The van der Waals surface area contributed by atoms with Gasteiger partial charge in [-0.25, -0.2) is 0 Å². The summed E-state index contributed by atoms with van der Waals surface area (Å²) in [7, 11) is 0. The number of para-hydroxylation sites is 4. The van der Waals surface area contributed by atoms with E-state index in [1.165, 1.54) is 61.9 Å². The number of nitrogens with zero attached hydrogens (tertiary/aromatic N) is 6. The van der Waals surface area contributed by atoms with Crippen molar-refractivity contribution in [2.45, 2.75) is 26.2 Å². The first-order chi connectivity index (χ1) is 46.6. The molecule has 0 saturated heterocycles. The highest BCUT2D eigenvalue weighted by Crippen LogP contribution is 2.53. The summed E-state index contributed by atoms with van der Waals surface area (Å²) in [5.41, 5.74) is 29.0. The molecule has 4 aliphatic heterocycles. The van der Waals surface area contributed by atoms with Crippen LogP contribution < -0.4 is 62.2 Å². The van der Waals surface area contributed by atoms with Crippen molar-refractivity contribution in [3.8, 4) is 0 Å². The SMILES string of the molecule is CCCCc1ccc(N(c2ccc(I)cc2)c2cc3c4c(c2)N(c2ccc(I)cc2)c2cc5c(cc2B4c2ccccc2N3c2ccccc2)B2c3ccccc3N(c3ccccc3)c3cc(N(c4ccc(I)cc4)c4ccc(I)cc4)cc(c32)N5c2ccc(I)cc2)cc1. The van der Waals surface area contributed by atoms with Crippen LogP contribution in [-0.2, 0) is 6.42 Å². The van der Waals surface area contributed by atoms with Gasteiger partial charge in [0.2, 0.25) is 0 Å². The first kappa shape index (κ1) is 61.1. The molecule has 13 aromatic carbocycles. The molecule has 0 bridgehead atoms. The van der Waals surface area contributed by atoms with Gasteiger partial charge in [-0.2, -0.15) is 0 Å². The van der Waals surface area contributed by atoms with Gasteiger partial charge in [0.1, 0.15) is 0 Å². The Labute approximate surface area is 624 Å². The molecule has 0 aromatic heterocycles. The van der Waals surface area contributed by atoms with Crippen molar-refractivity contribution in [1.82, 2.24) is 0 Å². The van der Waals surface area contributed by atoms with E-state index in [1.807, 2.05) is 0 Å². The van der Waals surface area contributed by atoms with Gasteiger partial charge in [-0.15, -0.1) is 0 Å². The number of fused-ring (bicyclic) bond motifs is 8. The maximum atomic E-state index is 2.64. The summed E-state index contributed by atoms with van der Waals surface area (Å²) >= 11 is 12.2. The summed E-state index contributed by atoms with van der Waals surface area (Å²) in [4.78, 5) is 15.2. The van der Waals surface area contributed by atoms with Crippen LogP contribution in [0.25, 0.3) is 0 Å². The highest BCUT2D eigenvalue weighted by molar-refractivity contribution is 14.1. The van der Waals surface area contributed by atoms with E-state index in [2.05, 4.69) is 440 Å². The first-order valence-electron chi connectivity index (χ1n) is 32.1. The van der Waals surface area contributed by atoms with E-state index in [1.54, 1.807) is 0 Å². The molecule has 0 spiro atoms. The number of rotatable bonds is 13. The van der Waals surface area contributed by atoms with Crippen LogP contribution in [0.1, 0.15) is 25.3 Å².